The first kappa shape index (κ1) is 29.7. The van der Waals surface area contributed by atoms with Crippen molar-refractivity contribution in [2.24, 2.45) is 0 Å². The summed E-state index contributed by atoms with van der Waals surface area (Å²) in [6, 6.07) is 57.2. The average Bonchev–Trinajstić information content (AvgIpc) is 3.79. The van der Waals surface area contributed by atoms with Gasteiger partial charge in [-0.1, -0.05) is 127 Å². The van der Waals surface area contributed by atoms with E-state index in [-0.39, 0.29) is 0 Å². The molecule has 0 bridgehead atoms. The lowest BCUT2D eigenvalue weighted by Crippen LogP contribution is -2.01. The van der Waals surface area contributed by atoms with Crippen LogP contribution in [0.2, 0.25) is 0 Å². The molecule has 0 aliphatic heterocycles. The highest BCUT2D eigenvalue weighted by Crippen LogP contribution is 2.43. The van der Waals surface area contributed by atoms with Gasteiger partial charge in [0.05, 0.1) is 11.4 Å². The van der Waals surface area contributed by atoms with Crippen LogP contribution in [0.15, 0.2) is 173 Å². The lowest BCUT2D eigenvalue weighted by molar-refractivity contribution is 0.668. The molecule has 0 saturated carbocycles. The fraction of sp³-hybridized carbons (Fsp3) is 0.0204. The lowest BCUT2D eigenvalue weighted by Gasteiger charge is -2.16. The van der Waals surface area contributed by atoms with Crippen LogP contribution in [0.5, 0.6) is 0 Å². The van der Waals surface area contributed by atoms with Gasteiger partial charge in [-0.2, -0.15) is 0 Å². The monoisotopic (exact) mass is 678 g/mol. The topological polar surface area (TPSA) is 52.1 Å². The fourth-order valence-electron chi connectivity index (χ4n) is 8.03. The molecular weight excluding hydrogens is 649 g/mol. The Hall–Kier alpha value is -7.04. The third kappa shape index (κ3) is 4.69. The van der Waals surface area contributed by atoms with Crippen molar-refractivity contribution in [1.29, 1.82) is 0 Å². The van der Waals surface area contributed by atoms with Gasteiger partial charge >= 0.3 is 0 Å². The molecule has 0 amide bonds. The zero-order chi connectivity index (χ0) is 35.0. The van der Waals surface area contributed by atoms with Gasteiger partial charge in [0.15, 0.2) is 5.82 Å². The van der Waals surface area contributed by atoms with Crippen LogP contribution in [0.1, 0.15) is 5.56 Å². The second kappa shape index (κ2) is 11.5. The van der Waals surface area contributed by atoms with Crippen molar-refractivity contribution in [3.05, 3.63) is 169 Å². The Labute approximate surface area is 304 Å². The van der Waals surface area contributed by atoms with Crippen molar-refractivity contribution < 1.29 is 8.83 Å². The van der Waals surface area contributed by atoms with Gasteiger partial charge in [0, 0.05) is 49.4 Å². The molecule has 0 unspecified atom stereocenters. The maximum absolute atomic E-state index is 6.61. The fourth-order valence-corrected chi connectivity index (χ4v) is 8.03. The summed E-state index contributed by atoms with van der Waals surface area (Å²) in [5, 5.41) is 8.90. The molecule has 0 aliphatic carbocycles. The van der Waals surface area contributed by atoms with E-state index in [2.05, 4.69) is 146 Å². The van der Waals surface area contributed by atoms with Crippen molar-refractivity contribution in [2.75, 3.05) is 0 Å². The third-order valence-corrected chi connectivity index (χ3v) is 10.6. The molecule has 3 heterocycles. The lowest BCUT2D eigenvalue weighted by atomic mass is 9.95. The Bertz CT molecular complexity index is 3160. The highest BCUT2D eigenvalue weighted by atomic mass is 16.3. The molecule has 11 rings (SSSR count). The number of aromatic nitrogens is 2. The minimum atomic E-state index is 0.636. The second-order valence-electron chi connectivity index (χ2n) is 13.8. The minimum Gasteiger partial charge on any atom is -0.456 e. The Morgan fingerprint density at radius 3 is 1.64 bits per heavy atom. The van der Waals surface area contributed by atoms with E-state index in [0.29, 0.717) is 5.82 Å². The summed E-state index contributed by atoms with van der Waals surface area (Å²) in [6.07, 6.45) is 0. The van der Waals surface area contributed by atoms with Gasteiger partial charge in [0.25, 0.3) is 0 Å². The number of hydrogen-bond donors (Lipinski definition) is 0. The zero-order valence-corrected chi connectivity index (χ0v) is 28.8. The summed E-state index contributed by atoms with van der Waals surface area (Å²) in [5.74, 6) is 0.636. The van der Waals surface area contributed by atoms with E-state index in [0.717, 1.165) is 88.6 Å². The molecule has 0 aliphatic rings. The summed E-state index contributed by atoms with van der Waals surface area (Å²) in [4.78, 5) is 10.9. The van der Waals surface area contributed by atoms with E-state index in [1.807, 2.05) is 24.3 Å². The summed E-state index contributed by atoms with van der Waals surface area (Å²) < 4.78 is 13.1. The zero-order valence-electron chi connectivity index (χ0n) is 28.8. The number of hydrogen-bond acceptors (Lipinski definition) is 4. The van der Waals surface area contributed by atoms with Gasteiger partial charge in [-0.25, -0.2) is 9.97 Å². The molecule has 0 fully saturated rings. The molecule has 0 atom stereocenters. The van der Waals surface area contributed by atoms with E-state index in [4.69, 9.17) is 18.8 Å². The van der Waals surface area contributed by atoms with Gasteiger partial charge < -0.3 is 8.83 Å². The van der Waals surface area contributed by atoms with Crippen molar-refractivity contribution in [1.82, 2.24) is 9.97 Å². The summed E-state index contributed by atoms with van der Waals surface area (Å²) in [7, 11) is 0. The molecule has 248 valence electrons. The minimum absolute atomic E-state index is 0.636. The van der Waals surface area contributed by atoms with Crippen molar-refractivity contribution in [3.63, 3.8) is 0 Å². The first-order valence-electron chi connectivity index (χ1n) is 17.9. The second-order valence-corrected chi connectivity index (χ2v) is 13.8. The molecule has 11 aromatic rings. The van der Waals surface area contributed by atoms with Crippen molar-refractivity contribution in [3.8, 4) is 45.0 Å². The predicted octanol–water partition coefficient (Wildman–Crippen LogP) is 13.6. The molecule has 3 aromatic heterocycles. The van der Waals surface area contributed by atoms with Gasteiger partial charge in [0.1, 0.15) is 22.3 Å². The number of nitrogens with zero attached hydrogens (tertiary/aromatic N) is 2. The van der Waals surface area contributed by atoms with Crippen molar-refractivity contribution >= 4 is 65.4 Å². The van der Waals surface area contributed by atoms with E-state index < -0.39 is 0 Å². The first-order chi connectivity index (χ1) is 26.2. The van der Waals surface area contributed by atoms with Crippen LogP contribution in [0, 0.1) is 6.92 Å². The number of fused-ring (bicyclic) bond motifs is 8. The van der Waals surface area contributed by atoms with Gasteiger partial charge in [0.2, 0.25) is 0 Å². The molecule has 4 heteroatoms. The predicted molar refractivity (Wildman–Crippen MR) is 218 cm³/mol. The van der Waals surface area contributed by atoms with Crippen LogP contribution in [0.4, 0.5) is 0 Å². The molecule has 0 N–H and O–H groups in total. The SMILES string of the molecule is Cc1c(-c2ccc3ccccc3c2)nc(-c2cc(-c3cccc4c3oc3ccccc34)cc3oc4ccccc4c23)nc1-c1ccc2ccccc2c1. The Morgan fingerprint density at radius 1 is 0.396 bits per heavy atom. The first-order valence-corrected chi connectivity index (χ1v) is 17.9. The van der Waals surface area contributed by atoms with Gasteiger partial charge in [-0.05, 0) is 70.4 Å². The van der Waals surface area contributed by atoms with Crippen LogP contribution in [0.25, 0.3) is 110 Å². The number of para-hydroxylation sites is 3. The Morgan fingerprint density at radius 2 is 0.962 bits per heavy atom. The average molecular weight is 679 g/mol. The Balaban J connectivity index is 1.23. The van der Waals surface area contributed by atoms with Crippen LogP contribution < -0.4 is 0 Å². The van der Waals surface area contributed by atoms with Crippen LogP contribution in [0.3, 0.4) is 0 Å². The van der Waals surface area contributed by atoms with E-state index in [1.54, 1.807) is 0 Å². The van der Waals surface area contributed by atoms with Crippen molar-refractivity contribution in [2.45, 2.75) is 6.92 Å². The quantitative estimate of drug-likeness (QED) is 0.186. The molecule has 0 saturated heterocycles. The molecule has 8 aromatic carbocycles. The highest BCUT2D eigenvalue weighted by molar-refractivity contribution is 6.15. The highest BCUT2D eigenvalue weighted by Gasteiger charge is 2.22. The standard InChI is InChI=1S/C49H30N2O2/c1-29-46(34-23-21-30-11-2-4-13-32(30)25-34)50-49(51-47(29)35-24-22-31-12-3-5-14-33(31)26-35)41-27-36(28-44-45(41)40-16-7-9-20-43(40)52-44)37-17-10-18-39-38-15-6-8-19-42(38)53-48(37)39/h2-28H,1H3. The van der Waals surface area contributed by atoms with Gasteiger partial charge in [-0.15, -0.1) is 0 Å². The largest absolute Gasteiger partial charge is 0.456 e. The molecule has 0 radical (unpaired) electrons. The van der Waals surface area contributed by atoms with E-state index in [1.165, 1.54) is 21.5 Å². The normalized spacial score (nSPS) is 11.9. The maximum Gasteiger partial charge on any atom is 0.161 e. The van der Waals surface area contributed by atoms with Crippen LogP contribution in [-0.4, -0.2) is 9.97 Å². The van der Waals surface area contributed by atoms with E-state index >= 15 is 0 Å². The number of benzene rings is 8. The van der Waals surface area contributed by atoms with Crippen LogP contribution in [-0.2, 0) is 0 Å². The van der Waals surface area contributed by atoms with E-state index in [9.17, 15) is 0 Å². The summed E-state index contributed by atoms with van der Waals surface area (Å²) >= 11 is 0. The molecule has 0 spiro atoms. The molecular formula is C49H30N2O2. The smallest absolute Gasteiger partial charge is 0.161 e. The summed E-state index contributed by atoms with van der Waals surface area (Å²) in [6.45, 7) is 2.14. The number of furan rings is 2. The van der Waals surface area contributed by atoms with Gasteiger partial charge in [-0.3, -0.25) is 0 Å². The molecule has 4 nitrogen and oxygen atoms in total. The summed E-state index contributed by atoms with van der Waals surface area (Å²) in [5.41, 5.74) is 11.1. The molecule has 53 heavy (non-hydrogen) atoms. The Kier molecular flexibility index (Phi) is 6.43. The maximum atomic E-state index is 6.61. The third-order valence-electron chi connectivity index (χ3n) is 10.6. The number of rotatable bonds is 4. The van der Waals surface area contributed by atoms with Crippen LogP contribution >= 0.6 is 0 Å².